The Morgan fingerprint density at radius 3 is 2.92 bits per heavy atom. The minimum absolute atomic E-state index is 0.135. The van der Waals surface area contributed by atoms with Crippen LogP contribution in [0.5, 0.6) is 11.5 Å². The molecule has 0 spiro atoms. The lowest BCUT2D eigenvalue weighted by atomic mass is 10.1. The molecule has 1 aliphatic rings. The minimum atomic E-state index is -0.217. The largest absolute Gasteiger partial charge is 0.505 e. The van der Waals surface area contributed by atoms with Gasteiger partial charge in [0.2, 0.25) is 0 Å². The molecule has 2 rings (SSSR count). The molecule has 0 unspecified atom stereocenters. The maximum Gasteiger partial charge on any atom is 0.156 e. The van der Waals surface area contributed by atoms with E-state index in [9.17, 15) is 5.11 Å². The van der Waals surface area contributed by atoms with Gasteiger partial charge in [0, 0.05) is 5.56 Å². The number of benzene rings is 1. The standard InChI is InChI=1S/C8H7Cl2NO2/c9-4-1-3-5(11)2-13-8(3)6(10)7(4)12/h1,5,12H,2,11H2/t5-/m0/s1. The van der Waals surface area contributed by atoms with E-state index in [0.29, 0.717) is 12.4 Å². The van der Waals surface area contributed by atoms with Gasteiger partial charge in [-0.2, -0.15) is 0 Å². The molecular weight excluding hydrogens is 213 g/mol. The number of halogens is 2. The summed E-state index contributed by atoms with van der Waals surface area (Å²) in [6.07, 6.45) is 0. The summed E-state index contributed by atoms with van der Waals surface area (Å²) in [5.41, 5.74) is 6.45. The predicted molar refractivity (Wildman–Crippen MR) is 50.6 cm³/mol. The van der Waals surface area contributed by atoms with Crippen molar-refractivity contribution in [1.82, 2.24) is 0 Å². The van der Waals surface area contributed by atoms with Crippen LogP contribution in [0.3, 0.4) is 0 Å². The van der Waals surface area contributed by atoms with Crippen molar-refractivity contribution >= 4 is 23.2 Å². The summed E-state index contributed by atoms with van der Waals surface area (Å²) in [6.45, 7) is 0.370. The van der Waals surface area contributed by atoms with Crippen LogP contribution in [0, 0.1) is 0 Å². The van der Waals surface area contributed by atoms with Crippen LogP contribution in [0.1, 0.15) is 11.6 Å². The van der Waals surface area contributed by atoms with E-state index < -0.39 is 0 Å². The summed E-state index contributed by atoms with van der Waals surface area (Å²) < 4.78 is 5.20. The Labute approximate surface area is 85.0 Å². The SMILES string of the molecule is N[C@H]1COc2c1cc(Cl)c(O)c2Cl. The van der Waals surface area contributed by atoms with Crippen LogP contribution >= 0.6 is 23.2 Å². The first kappa shape index (κ1) is 8.94. The van der Waals surface area contributed by atoms with Crippen molar-refractivity contribution in [2.45, 2.75) is 6.04 Å². The zero-order valence-corrected chi connectivity index (χ0v) is 8.06. The van der Waals surface area contributed by atoms with Crippen molar-refractivity contribution < 1.29 is 9.84 Å². The normalized spacial score (nSPS) is 19.8. The molecule has 0 aromatic heterocycles. The Hall–Kier alpha value is -0.640. The van der Waals surface area contributed by atoms with Crippen molar-refractivity contribution in [1.29, 1.82) is 0 Å². The number of ether oxygens (including phenoxy) is 1. The summed E-state index contributed by atoms with van der Waals surface area (Å²) in [5.74, 6) is 0.284. The summed E-state index contributed by atoms with van der Waals surface area (Å²) >= 11 is 11.5. The number of fused-ring (bicyclic) bond motifs is 1. The van der Waals surface area contributed by atoms with E-state index in [1.54, 1.807) is 6.07 Å². The van der Waals surface area contributed by atoms with Crippen LogP contribution in [0.4, 0.5) is 0 Å². The Morgan fingerprint density at radius 2 is 2.23 bits per heavy atom. The molecule has 1 aliphatic heterocycles. The molecule has 3 N–H and O–H groups in total. The van der Waals surface area contributed by atoms with Crippen molar-refractivity contribution in [2.24, 2.45) is 5.73 Å². The molecule has 1 aromatic carbocycles. The Balaban J connectivity index is 2.67. The number of hydrogen-bond donors (Lipinski definition) is 2. The van der Waals surface area contributed by atoms with E-state index in [4.69, 9.17) is 33.7 Å². The maximum absolute atomic E-state index is 9.37. The van der Waals surface area contributed by atoms with Gasteiger partial charge >= 0.3 is 0 Å². The number of hydrogen-bond acceptors (Lipinski definition) is 3. The molecule has 1 aromatic rings. The van der Waals surface area contributed by atoms with Crippen LogP contribution in [0.25, 0.3) is 0 Å². The topological polar surface area (TPSA) is 55.5 Å². The van der Waals surface area contributed by atoms with Gasteiger partial charge in [-0.1, -0.05) is 23.2 Å². The third-order valence-corrected chi connectivity index (χ3v) is 2.62. The second kappa shape index (κ2) is 2.94. The molecule has 5 heteroatoms. The maximum atomic E-state index is 9.37. The van der Waals surface area contributed by atoms with E-state index in [1.807, 2.05) is 0 Å². The van der Waals surface area contributed by atoms with E-state index in [2.05, 4.69) is 0 Å². The average molecular weight is 220 g/mol. The van der Waals surface area contributed by atoms with Crippen molar-refractivity contribution in [2.75, 3.05) is 6.61 Å². The lowest BCUT2D eigenvalue weighted by Gasteiger charge is -2.06. The van der Waals surface area contributed by atoms with Crippen LogP contribution in [0.2, 0.25) is 10.0 Å². The third kappa shape index (κ3) is 1.24. The molecule has 3 nitrogen and oxygen atoms in total. The van der Waals surface area contributed by atoms with Gasteiger partial charge in [-0.15, -0.1) is 0 Å². The molecule has 0 aliphatic carbocycles. The van der Waals surface area contributed by atoms with Gasteiger partial charge in [-0.05, 0) is 6.07 Å². The second-order valence-corrected chi connectivity index (χ2v) is 3.64. The first-order chi connectivity index (χ1) is 6.11. The number of phenolic OH excluding ortho intramolecular Hbond substituents is 1. The quantitative estimate of drug-likeness (QED) is 0.703. The fourth-order valence-electron chi connectivity index (χ4n) is 1.29. The summed E-state index contributed by atoms with van der Waals surface area (Å²) in [6, 6.07) is 1.36. The van der Waals surface area contributed by atoms with E-state index in [1.165, 1.54) is 0 Å². The van der Waals surface area contributed by atoms with Crippen molar-refractivity contribution in [3.63, 3.8) is 0 Å². The second-order valence-electron chi connectivity index (χ2n) is 2.86. The van der Waals surface area contributed by atoms with E-state index >= 15 is 0 Å². The Kier molecular flexibility index (Phi) is 2.02. The molecule has 0 amide bonds. The van der Waals surface area contributed by atoms with E-state index in [0.717, 1.165) is 5.56 Å². The average Bonchev–Trinajstić information content (AvgIpc) is 2.45. The van der Waals surface area contributed by atoms with Gasteiger partial charge in [0.25, 0.3) is 0 Å². The smallest absolute Gasteiger partial charge is 0.156 e. The van der Waals surface area contributed by atoms with Crippen LogP contribution in [0.15, 0.2) is 6.07 Å². The Bertz CT molecular complexity index is 368. The lowest BCUT2D eigenvalue weighted by molar-refractivity contribution is 0.332. The fraction of sp³-hybridized carbons (Fsp3) is 0.250. The van der Waals surface area contributed by atoms with Gasteiger partial charge in [-0.3, -0.25) is 0 Å². The monoisotopic (exact) mass is 219 g/mol. The summed E-state index contributed by atoms with van der Waals surface area (Å²) in [5, 5.41) is 9.71. The summed E-state index contributed by atoms with van der Waals surface area (Å²) in [7, 11) is 0. The molecule has 0 fully saturated rings. The molecule has 0 saturated heterocycles. The number of aromatic hydroxyl groups is 1. The number of nitrogens with two attached hydrogens (primary N) is 1. The fourth-order valence-corrected chi connectivity index (χ4v) is 1.82. The summed E-state index contributed by atoms with van der Waals surface area (Å²) in [4.78, 5) is 0. The molecule has 0 bridgehead atoms. The highest BCUT2D eigenvalue weighted by Crippen LogP contribution is 2.46. The van der Waals surface area contributed by atoms with Crippen molar-refractivity contribution in [3.05, 3.63) is 21.7 Å². The Morgan fingerprint density at radius 1 is 1.54 bits per heavy atom. The third-order valence-electron chi connectivity index (χ3n) is 1.98. The van der Waals surface area contributed by atoms with Crippen LogP contribution in [-0.2, 0) is 0 Å². The molecule has 0 radical (unpaired) electrons. The lowest BCUT2D eigenvalue weighted by Crippen LogP contribution is -2.10. The van der Waals surface area contributed by atoms with Gasteiger partial charge in [0.05, 0.1) is 11.1 Å². The molecule has 0 saturated carbocycles. The van der Waals surface area contributed by atoms with Gasteiger partial charge in [0.1, 0.15) is 17.4 Å². The highest BCUT2D eigenvalue weighted by molar-refractivity contribution is 6.38. The number of rotatable bonds is 0. The first-order valence-corrected chi connectivity index (χ1v) is 4.46. The predicted octanol–water partition coefficient (Wildman–Crippen LogP) is 2.09. The molecule has 1 heterocycles. The molecule has 13 heavy (non-hydrogen) atoms. The minimum Gasteiger partial charge on any atom is -0.505 e. The molecule has 1 atom stereocenters. The van der Waals surface area contributed by atoms with Crippen LogP contribution < -0.4 is 10.5 Å². The zero-order chi connectivity index (χ0) is 9.59. The van der Waals surface area contributed by atoms with Crippen molar-refractivity contribution in [3.8, 4) is 11.5 Å². The molecular formula is C8H7Cl2NO2. The van der Waals surface area contributed by atoms with Gasteiger partial charge < -0.3 is 15.6 Å². The van der Waals surface area contributed by atoms with E-state index in [-0.39, 0.29) is 21.8 Å². The number of phenols is 1. The molecule has 70 valence electrons. The van der Waals surface area contributed by atoms with Crippen LogP contribution in [-0.4, -0.2) is 11.7 Å². The highest BCUT2D eigenvalue weighted by Gasteiger charge is 2.26. The first-order valence-electron chi connectivity index (χ1n) is 3.70. The zero-order valence-electron chi connectivity index (χ0n) is 6.55. The highest BCUT2D eigenvalue weighted by atomic mass is 35.5. The van der Waals surface area contributed by atoms with Gasteiger partial charge in [0.15, 0.2) is 5.75 Å². The van der Waals surface area contributed by atoms with Gasteiger partial charge in [-0.25, -0.2) is 0 Å².